The number of aliphatic hydroxyl groups excluding tert-OH is 2. The van der Waals surface area contributed by atoms with Crippen LogP contribution < -0.4 is 10.5 Å². The monoisotopic (exact) mass is 311 g/mol. The number of ether oxygens (including phenoxy) is 3. The van der Waals surface area contributed by atoms with Gasteiger partial charge in [0.15, 0.2) is 23.2 Å². The lowest BCUT2D eigenvalue weighted by Crippen LogP contribution is -2.34. The third-order valence-electron chi connectivity index (χ3n) is 3.67. The van der Waals surface area contributed by atoms with E-state index in [1.54, 1.807) is 0 Å². The molecule has 0 aliphatic carbocycles. The molecule has 4 N–H and O–H groups in total. The number of aliphatic hydroxyl groups is 2. The van der Waals surface area contributed by atoms with E-state index in [1.165, 1.54) is 25.1 Å². The Morgan fingerprint density at radius 2 is 2.18 bits per heavy atom. The zero-order valence-corrected chi connectivity index (χ0v) is 12.1. The second kappa shape index (κ2) is 5.65. The minimum Gasteiger partial charge on any atom is -0.468 e. The van der Waals surface area contributed by atoms with Gasteiger partial charge in [-0.05, 0) is 0 Å². The number of imidazole rings is 1. The minimum atomic E-state index is -0.999. The Kier molecular flexibility index (Phi) is 3.83. The number of aromatic nitrogens is 4. The van der Waals surface area contributed by atoms with Gasteiger partial charge >= 0.3 is 6.01 Å². The van der Waals surface area contributed by atoms with Gasteiger partial charge in [-0.25, -0.2) is 14.5 Å². The van der Waals surface area contributed by atoms with E-state index in [2.05, 4.69) is 15.0 Å². The highest BCUT2D eigenvalue weighted by Crippen LogP contribution is 2.36. The van der Waals surface area contributed by atoms with E-state index in [9.17, 15) is 10.2 Å². The fourth-order valence-corrected chi connectivity index (χ4v) is 2.61. The molecular weight excluding hydrogens is 294 g/mol. The molecule has 1 saturated heterocycles. The van der Waals surface area contributed by atoms with Crippen LogP contribution in [-0.4, -0.2) is 68.9 Å². The third-order valence-corrected chi connectivity index (χ3v) is 3.67. The standard InChI is InChI=1S/C12H17N5O5/c1-20-8-7(19)5(3-18)22-11(8)17-10-6(16-12(17)21-2)9(13)14-4-15-10/h4-5,7-8,11,18-19H,3H2,1-2H3,(H2,13,14,15)/t5-,7-,8-,11-/m1/s1. The van der Waals surface area contributed by atoms with Crippen LogP contribution in [0.1, 0.15) is 6.23 Å². The Labute approximate surface area is 125 Å². The molecule has 2 aromatic rings. The summed E-state index contributed by atoms with van der Waals surface area (Å²) < 4.78 is 17.8. The molecule has 120 valence electrons. The van der Waals surface area contributed by atoms with Gasteiger partial charge in [-0.1, -0.05) is 0 Å². The number of hydrogen-bond donors (Lipinski definition) is 3. The summed E-state index contributed by atoms with van der Waals surface area (Å²) in [6.07, 6.45) is -1.98. The van der Waals surface area contributed by atoms with Gasteiger partial charge in [0.1, 0.15) is 24.6 Å². The van der Waals surface area contributed by atoms with Crippen LogP contribution in [0.5, 0.6) is 6.01 Å². The number of anilines is 1. The molecule has 3 rings (SSSR count). The molecule has 1 aliphatic heterocycles. The largest absolute Gasteiger partial charge is 0.468 e. The van der Waals surface area contributed by atoms with Gasteiger partial charge in [0.25, 0.3) is 0 Å². The van der Waals surface area contributed by atoms with E-state index < -0.39 is 24.5 Å². The summed E-state index contributed by atoms with van der Waals surface area (Å²) in [4.78, 5) is 12.3. The first-order valence-corrected chi connectivity index (χ1v) is 6.62. The smallest absolute Gasteiger partial charge is 0.300 e. The molecule has 4 atom stereocenters. The Hall–Kier alpha value is -2.01. The van der Waals surface area contributed by atoms with Crippen molar-refractivity contribution in [2.75, 3.05) is 26.6 Å². The van der Waals surface area contributed by atoms with E-state index in [1.807, 2.05) is 0 Å². The average Bonchev–Trinajstić information content (AvgIpc) is 3.05. The van der Waals surface area contributed by atoms with Crippen molar-refractivity contribution in [3.8, 4) is 6.01 Å². The van der Waals surface area contributed by atoms with Crippen LogP contribution in [0.2, 0.25) is 0 Å². The summed E-state index contributed by atoms with van der Waals surface area (Å²) in [5.41, 5.74) is 6.55. The van der Waals surface area contributed by atoms with E-state index in [4.69, 9.17) is 19.9 Å². The quantitative estimate of drug-likeness (QED) is 0.627. The number of nitrogens with zero attached hydrogens (tertiary/aromatic N) is 4. The number of nitrogens with two attached hydrogens (primary N) is 1. The molecule has 0 unspecified atom stereocenters. The van der Waals surface area contributed by atoms with Gasteiger partial charge in [0.05, 0.1) is 13.7 Å². The second-order valence-electron chi connectivity index (χ2n) is 4.84. The molecule has 0 amide bonds. The summed E-state index contributed by atoms with van der Waals surface area (Å²) in [5.74, 6) is 0.202. The van der Waals surface area contributed by atoms with Crippen LogP contribution in [0, 0.1) is 0 Å². The summed E-state index contributed by atoms with van der Waals surface area (Å²) in [6.45, 7) is -0.344. The summed E-state index contributed by atoms with van der Waals surface area (Å²) in [6, 6.07) is 0.194. The predicted octanol–water partition coefficient (Wildman–Crippen LogP) is -1.32. The van der Waals surface area contributed by atoms with Gasteiger partial charge < -0.3 is 30.2 Å². The third kappa shape index (κ3) is 2.08. The molecule has 1 fully saturated rings. The Morgan fingerprint density at radius 1 is 1.41 bits per heavy atom. The molecule has 0 radical (unpaired) electrons. The Bertz CT molecular complexity index is 677. The van der Waals surface area contributed by atoms with E-state index >= 15 is 0 Å². The molecule has 10 heteroatoms. The lowest BCUT2D eigenvalue weighted by molar-refractivity contribution is -0.0611. The van der Waals surface area contributed by atoms with Crippen molar-refractivity contribution in [1.82, 2.24) is 19.5 Å². The van der Waals surface area contributed by atoms with Gasteiger partial charge in [-0.2, -0.15) is 4.98 Å². The van der Waals surface area contributed by atoms with Crippen LogP contribution in [0.3, 0.4) is 0 Å². The number of rotatable bonds is 4. The fourth-order valence-electron chi connectivity index (χ4n) is 2.61. The highest BCUT2D eigenvalue weighted by molar-refractivity contribution is 5.82. The lowest BCUT2D eigenvalue weighted by atomic mass is 10.1. The molecule has 0 bridgehead atoms. The van der Waals surface area contributed by atoms with Crippen LogP contribution >= 0.6 is 0 Å². The number of hydrogen-bond acceptors (Lipinski definition) is 9. The van der Waals surface area contributed by atoms with Crippen LogP contribution in [0.15, 0.2) is 6.33 Å². The number of nitrogen functional groups attached to an aromatic ring is 1. The predicted molar refractivity (Wildman–Crippen MR) is 74.1 cm³/mol. The SMILES string of the molecule is COc1nc2c(N)ncnc2n1[C@@H]1O[C@H](CO)[C@@H](O)[C@H]1OC. The Morgan fingerprint density at radius 3 is 2.82 bits per heavy atom. The second-order valence-corrected chi connectivity index (χ2v) is 4.84. The molecule has 10 nitrogen and oxygen atoms in total. The average molecular weight is 311 g/mol. The van der Waals surface area contributed by atoms with Gasteiger partial charge in [-0.15, -0.1) is 0 Å². The summed E-state index contributed by atoms with van der Waals surface area (Å²) in [7, 11) is 2.89. The van der Waals surface area contributed by atoms with Crippen molar-refractivity contribution in [3.05, 3.63) is 6.33 Å². The Balaban J connectivity index is 2.14. The zero-order valence-electron chi connectivity index (χ0n) is 12.1. The highest BCUT2D eigenvalue weighted by Gasteiger charge is 2.46. The van der Waals surface area contributed by atoms with Gasteiger partial charge in [0, 0.05) is 7.11 Å². The summed E-state index contributed by atoms with van der Waals surface area (Å²) in [5, 5.41) is 19.5. The lowest BCUT2D eigenvalue weighted by Gasteiger charge is -2.21. The molecule has 2 aromatic heterocycles. The van der Waals surface area contributed by atoms with Crippen LogP contribution in [-0.2, 0) is 9.47 Å². The van der Waals surface area contributed by atoms with Crippen molar-refractivity contribution in [3.63, 3.8) is 0 Å². The van der Waals surface area contributed by atoms with Crippen LogP contribution in [0.25, 0.3) is 11.2 Å². The van der Waals surface area contributed by atoms with Gasteiger partial charge in [-0.3, -0.25) is 0 Å². The topological polar surface area (TPSA) is 138 Å². The maximum atomic E-state index is 10.2. The fraction of sp³-hybridized carbons (Fsp3) is 0.583. The van der Waals surface area contributed by atoms with E-state index in [0.29, 0.717) is 11.2 Å². The molecule has 1 aliphatic rings. The van der Waals surface area contributed by atoms with Crippen molar-refractivity contribution in [1.29, 1.82) is 0 Å². The molecule has 0 aromatic carbocycles. The first-order valence-electron chi connectivity index (χ1n) is 6.62. The molecule has 0 saturated carbocycles. The van der Waals surface area contributed by atoms with Crippen molar-refractivity contribution in [2.24, 2.45) is 0 Å². The van der Waals surface area contributed by atoms with Crippen LogP contribution in [0.4, 0.5) is 5.82 Å². The summed E-state index contributed by atoms with van der Waals surface area (Å²) >= 11 is 0. The van der Waals surface area contributed by atoms with E-state index in [-0.39, 0.29) is 18.4 Å². The van der Waals surface area contributed by atoms with Crippen molar-refractivity contribution < 1.29 is 24.4 Å². The maximum absolute atomic E-state index is 10.2. The molecule has 22 heavy (non-hydrogen) atoms. The first-order chi connectivity index (χ1) is 10.6. The molecule has 0 spiro atoms. The number of methoxy groups -OCH3 is 2. The normalized spacial score (nSPS) is 28.4. The molecular formula is C12H17N5O5. The van der Waals surface area contributed by atoms with Crippen molar-refractivity contribution in [2.45, 2.75) is 24.5 Å². The zero-order chi connectivity index (χ0) is 15.9. The highest BCUT2D eigenvalue weighted by atomic mass is 16.6. The maximum Gasteiger partial charge on any atom is 0.300 e. The minimum absolute atomic E-state index is 0.194. The van der Waals surface area contributed by atoms with Gasteiger partial charge in [0.2, 0.25) is 0 Å². The van der Waals surface area contributed by atoms with Crippen molar-refractivity contribution >= 4 is 17.0 Å². The molecule has 3 heterocycles. The first kappa shape index (κ1) is 14.9. The number of fused-ring (bicyclic) bond motifs is 1. The van der Waals surface area contributed by atoms with E-state index in [0.717, 1.165) is 0 Å².